The molecule has 1 aromatic heterocycles. The van der Waals surface area contributed by atoms with E-state index in [1.807, 2.05) is 48.2 Å². The largest absolute Gasteiger partial charge is 0.478 e. The Balaban J connectivity index is 1.61. The maximum Gasteiger partial charge on any atom is 0.328 e. The standard InChI is InChI=1S/C33H33F3N2O2/c1-20-14-25-18-22(23-9-11-27-24(17-23)6-5-13-37-27)8-10-26(25)31(38(20)19-32(2,3)36)33(4)28(34)15-21(16-29(33)35)7-12-30(39)40/h5-13,15-18,20,28,31H,14,19H2,1-4H3,(H,39,40)/b12-7+/t20-,28?,31+,33?/m1/s1. The number of carboxylic acid groups (broad SMARTS) is 1. The lowest BCUT2D eigenvalue weighted by atomic mass is 9.67. The van der Waals surface area contributed by atoms with Gasteiger partial charge >= 0.3 is 5.97 Å². The van der Waals surface area contributed by atoms with Crippen molar-refractivity contribution in [3.8, 4) is 11.1 Å². The lowest BCUT2D eigenvalue weighted by Crippen LogP contribution is -2.54. The molecule has 2 aromatic carbocycles. The molecule has 0 bridgehead atoms. The van der Waals surface area contributed by atoms with Crippen molar-refractivity contribution in [1.29, 1.82) is 0 Å². The number of carbonyl (C=O) groups is 1. The minimum Gasteiger partial charge on any atom is -0.478 e. The topological polar surface area (TPSA) is 53.4 Å². The number of rotatable bonds is 6. The lowest BCUT2D eigenvalue weighted by Gasteiger charge is -2.52. The summed E-state index contributed by atoms with van der Waals surface area (Å²) in [5.74, 6) is -1.91. The lowest BCUT2D eigenvalue weighted by molar-refractivity contribution is -0.131. The first kappa shape index (κ1) is 27.8. The zero-order valence-electron chi connectivity index (χ0n) is 23.0. The minimum absolute atomic E-state index is 0.00276. The van der Waals surface area contributed by atoms with E-state index in [4.69, 9.17) is 5.11 Å². The van der Waals surface area contributed by atoms with E-state index in [1.54, 1.807) is 6.20 Å². The summed E-state index contributed by atoms with van der Waals surface area (Å²) < 4.78 is 47.2. The number of aliphatic carboxylic acids is 1. The monoisotopic (exact) mass is 546 g/mol. The third-order valence-electron chi connectivity index (χ3n) is 8.05. The zero-order valence-corrected chi connectivity index (χ0v) is 23.0. The van der Waals surface area contributed by atoms with Gasteiger partial charge in [-0.25, -0.2) is 18.0 Å². The van der Waals surface area contributed by atoms with Crippen LogP contribution in [0.5, 0.6) is 0 Å². The number of allylic oxidation sites excluding steroid dienone is 4. The second-order valence-corrected chi connectivity index (χ2v) is 11.7. The Morgan fingerprint density at radius 2 is 1.93 bits per heavy atom. The van der Waals surface area contributed by atoms with Crippen LogP contribution in [0.3, 0.4) is 0 Å². The Bertz CT molecular complexity index is 1550. The number of aromatic nitrogens is 1. The molecule has 1 N–H and O–H groups in total. The molecule has 40 heavy (non-hydrogen) atoms. The summed E-state index contributed by atoms with van der Waals surface area (Å²) in [5.41, 5.74) is 1.53. The molecule has 2 heterocycles. The van der Waals surface area contributed by atoms with Crippen LogP contribution in [-0.2, 0) is 11.2 Å². The van der Waals surface area contributed by atoms with Crippen molar-refractivity contribution < 1.29 is 23.1 Å². The van der Waals surface area contributed by atoms with E-state index in [-0.39, 0.29) is 18.2 Å². The fourth-order valence-corrected chi connectivity index (χ4v) is 6.08. The van der Waals surface area contributed by atoms with Gasteiger partial charge in [0.1, 0.15) is 17.7 Å². The average molecular weight is 547 g/mol. The molecule has 0 fully saturated rings. The van der Waals surface area contributed by atoms with Gasteiger partial charge in [0.2, 0.25) is 0 Å². The van der Waals surface area contributed by atoms with Crippen molar-refractivity contribution in [3.05, 3.63) is 102 Å². The Kier molecular flexibility index (Phi) is 7.21. The molecule has 2 aliphatic rings. The summed E-state index contributed by atoms with van der Waals surface area (Å²) in [6.45, 7) is 6.45. The highest BCUT2D eigenvalue weighted by Gasteiger charge is 2.53. The maximum atomic E-state index is 16.1. The summed E-state index contributed by atoms with van der Waals surface area (Å²) in [6.07, 6.45) is 5.05. The average Bonchev–Trinajstić information content (AvgIpc) is 2.89. The van der Waals surface area contributed by atoms with Gasteiger partial charge < -0.3 is 5.11 Å². The van der Waals surface area contributed by atoms with Crippen LogP contribution in [0, 0.1) is 5.41 Å². The van der Waals surface area contributed by atoms with Crippen LogP contribution in [0.2, 0.25) is 0 Å². The van der Waals surface area contributed by atoms with E-state index >= 15 is 13.2 Å². The molecule has 4 atom stereocenters. The zero-order chi connectivity index (χ0) is 28.8. The van der Waals surface area contributed by atoms with Gasteiger partial charge in [-0.05, 0) is 98.4 Å². The van der Waals surface area contributed by atoms with Gasteiger partial charge in [0.05, 0.1) is 17.0 Å². The summed E-state index contributed by atoms with van der Waals surface area (Å²) in [5, 5.41) is 9.97. The number of nitrogens with zero attached hydrogens (tertiary/aromatic N) is 2. The van der Waals surface area contributed by atoms with Crippen molar-refractivity contribution in [2.24, 2.45) is 5.41 Å². The van der Waals surface area contributed by atoms with Crippen LogP contribution in [0.1, 0.15) is 44.9 Å². The Hall–Kier alpha value is -3.71. The molecule has 0 amide bonds. The predicted molar refractivity (Wildman–Crippen MR) is 152 cm³/mol. The highest BCUT2D eigenvalue weighted by molar-refractivity contribution is 5.84. The highest BCUT2D eigenvalue weighted by atomic mass is 19.1. The molecule has 5 rings (SSSR count). The van der Waals surface area contributed by atoms with Gasteiger partial charge in [0.25, 0.3) is 0 Å². The van der Waals surface area contributed by atoms with Gasteiger partial charge in [-0.15, -0.1) is 0 Å². The predicted octanol–water partition coefficient (Wildman–Crippen LogP) is 7.72. The quantitative estimate of drug-likeness (QED) is 0.322. The number of carboxylic acids is 1. The minimum atomic E-state index is -1.77. The maximum absolute atomic E-state index is 16.1. The normalized spacial score (nSPS) is 25.5. The first-order chi connectivity index (χ1) is 18.9. The number of benzene rings is 2. The number of alkyl halides is 2. The molecular weight excluding hydrogens is 513 g/mol. The van der Waals surface area contributed by atoms with Crippen molar-refractivity contribution in [2.75, 3.05) is 6.54 Å². The van der Waals surface area contributed by atoms with Gasteiger partial charge in [-0.3, -0.25) is 9.88 Å². The fourth-order valence-electron chi connectivity index (χ4n) is 6.08. The van der Waals surface area contributed by atoms with E-state index < -0.39 is 35.1 Å². The Morgan fingerprint density at radius 1 is 1.20 bits per heavy atom. The van der Waals surface area contributed by atoms with Crippen LogP contribution in [0.15, 0.2) is 90.4 Å². The van der Waals surface area contributed by atoms with Crippen molar-refractivity contribution in [3.63, 3.8) is 0 Å². The SMILES string of the molecule is C[C@@H]1Cc2cc(-c3ccc4ncccc4c3)ccc2[C@@H](C2(C)C(F)=CC(/C=C/C(=O)O)=CC2F)N1CC(C)(C)F. The van der Waals surface area contributed by atoms with E-state index in [0.29, 0.717) is 6.42 Å². The molecule has 0 spiro atoms. The second-order valence-electron chi connectivity index (χ2n) is 11.7. The van der Waals surface area contributed by atoms with E-state index in [9.17, 15) is 4.79 Å². The summed E-state index contributed by atoms with van der Waals surface area (Å²) in [6, 6.07) is 14.9. The van der Waals surface area contributed by atoms with Gasteiger partial charge in [-0.2, -0.15) is 0 Å². The fraction of sp³-hybridized carbons (Fsp3) is 0.333. The molecule has 0 saturated carbocycles. The first-order valence-electron chi connectivity index (χ1n) is 13.4. The van der Waals surface area contributed by atoms with Crippen LogP contribution in [0.4, 0.5) is 13.2 Å². The number of halogens is 3. The van der Waals surface area contributed by atoms with Gasteiger partial charge in [0, 0.05) is 30.2 Å². The third kappa shape index (κ3) is 5.22. The molecule has 0 saturated heterocycles. The number of fused-ring (bicyclic) bond motifs is 2. The van der Waals surface area contributed by atoms with E-state index in [1.165, 1.54) is 39.0 Å². The van der Waals surface area contributed by atoms with Gasteiger partial charge in [-0.1, -0.05) is 30.3 Å². The van der Waals surface area contributed by atoms with Crippen LogP contribution in [0.25, 0.3) is 22.0 Å². The molecule has 0 radical (unpaired) electrons. The van der Waals surface area contributed by atoms with Crippen molar-refractivity contribution in [2.45, 2.75) is 58.0 Å². The van der Waals surface area contributed by atoms with Crippen molar-refractivity contribution in [1.82, 2.24) is 9.88 Å². The molecule has 208 valence electrons. The Morgan fingerprint density at radius 3 is 2.62 bits per heavy atom. The number of pyridine rings is 1. The van der Waals surface area contributed by atoms with E-state index in [2.05, 4.69) is 17.1 Å². The highest BCUT2D eigenvalue weighted by Crippen LogP contribution is 2.54. The number of hydrogen-bond donors (Lipinski definition) is 1. The van der Waals surface area contributed by atoms with E-state index in [0.717, 1.165) is 39.2 Å². The smallest absolute Gasteiger partial charge is 0.328 e. The summed E-state index contributed by atoms with van der Waals surface area (Å²) in [7, 11) is 0. The molecule has 2 unspecified atom stereocenters. The third-order valence-corrected chi connectivity index (χ3v) is 8.05. The molecular formula is C33H33F3N2O2. The molecule has 3 aromatic rings. The van der Waals surface area contributed by atoms with Crippen LogP contribution in [-0.4, -0.2) is 45.4 Å². The summed E-state index contributed by atoms with van der Waals surface area (Å²) in [4.78, 5) is 17.2. The second kappa shape index (κ2) is 10.4. The number of hydrogen-bond acceptors (Lipinski definition) is 3. The van der Waals surface area contributed by atoms with Crippen LogP contribution < -0.4 is 0 Å². The van der Waals surface area contributed by atoms with Gasteiger partial charge in [0.15, 0.2) is 0 Å². The van der Waals surface area contributed by atoms with Crippen molar-refractivity contribution >= 4 is 16.9 Å². The first-order valence-corrected chi connectivity index (χ1v) is 13.4. The molecule has 4 nitrogen and oxygen atoms in total. The molecule has 1 aliphatic carbocycles. The van der Waals surface area contributed by atoms with Crippen LogP contribution >= 0.6 is 0 Å². The Labute approximate surface area is 232 Å². The molecule has 7 heteroatoms. The summed E-state index contributed by atoms with van der Waals surface area (Å²) >= 11 is 0. The molecule has 1 aliphatic heterocycles.